The van der Waals surface area contributed by atoms with Crippen molar-refractivity contribution in [1.29, 1.82) is 0 Å². The van der Waals surface area contributed by atoms with E-state index in [-0.39, 0.29) is 164 Å². The van der Waals surface area contributed by atoms with Gasteiger partial charge in [0.15, 0.2) is 0 Å². The van der Waals surface area contributed by atoms with Gasteiger partial charge in [0, 0.05) is 114 Å². The van der Waals surface area contributed by atoms with Crippen LogP contribution in [0.1, 0.15) is 74.6 Å². The van der Waals surface area contributed by atoms with Crippen molar-refractivity contribution in [2.24, 2.45) is 0 Å². The molecule has 4 aromatic heterocycles. The van der Waals surface area contributed by atoms with E-state index in [0.717, 1.165) is 28.4 Å². The van der Waals surface area contributed by atoms with Crippen molar-refractivity contribution < 1.29 is 229 Å². The number of halogens is 1. The molecule has 0 saturated heterocycles. The van der Waals surface area contributed by atoms with E-state index in [0.29, 0.717) is 22.8 Å². The van der Waals surface area contributed by atoms with Gasteiger partial charge in [0.2, 0.25) is 0 Å². The summed E-state index contributed by atoms with van der Waals surface area (Å²) in [5.74, 6) is -5.65. The van der Waals surface area contributed by atoms with Crippen LogP contribution in [0.25, 0.3) is 0 Å². The van der Waals surface area contributed by atoms with Gasteiger partial charge in [0.05, 0.1) is 29.8 Å². The van der Waals surface area contributed by atoms with Crippen molar-refractivity contribution in [1.82, 2.24) is 19.9 Å². The Labute approximate surface area is 627 Å². The molecule has 0 amide bonds. The van der Waals surface area contributed by atoms with Gasteiger partial charge in [-0.15, -0.1) is 10.2 Å². The summed E-state index contributed by atoms with van der Waals surface area (Å²) in [5.41, 5.74) is 3.52. The van der Waals surface area contributed by atoms with Crippen LogP contribution in [0.4, 0.5) is 0 Å². The molecule has 518 valence electrons. The Balaban J connectivity index is -0.000000120. The van der Waals surface area contributed by atoms with Crippen LogP contribution in [-0.2, 0) is 59.4 Å². The average Bonchev–Trinajstić information content (AvgIpc) is 3.29. The third-order valence-electron chi connectivity index (χ3n) is 8.54. The van der Waals surface area contributed by atoms with Crippen LogP contribution in [0.3, 0.4) is 0 Å². The van der Waals surface area contributed by atoms with E-state index in [1.54, 1.807) is 189 Å². The number of hydrogen-bond acceptors (Lipinski definition) is 26. The Hall–Kier alpha value is -6.61. The topological polar surface area (TPSA) is 518 Å². The number of aromatic carboxylic acids is 5. The van der Waals surface area contributed by atoms with Crippen molar-refractivity contribution in [2.45, 2.75) is 26.4 Å². The molecule has 31 heteroatoms. The zero-order valence-electron chi connectivity index (χ0n) is 50.1. The van der Waals surface area contributed by atoms with Gasteiger partial charge >= 0.3 is 71.2 Å². The Morgan fingerprint density at radius 3 is 0.479 bits per heavy atom. The van der Waals surface area contributed by atoms with Crippen molar-refractivity contribution in [3.8, 4) is 0 Å². The van der Waals surface area contributed by atoms with Crippen LogP contribution in [0, 0.1) is 86.6 Å². The van der Waals surface area contributed by atoms with Crippen LogP contribution in [0.2, 0.25) is 0 Å². The van der Waals surface area contributed by atoms with Gasteiger partial charge in [-0.25, -0.2) is 18.6 Å². The summed E-state index contributed by atoms with van der Waals surface area (Å²) in [6, 6.07) is 61.6. The number of carbonyl (C=O) groups excluding carboxylic acids is 5. The molecular formula is C63H65ClDy2N4Ni2O22-2. The van der Waals surface area contributed by atoms with Crippen LogP contribution in [-0.4, -0.2) is 98.6 Å². The first-order valence-electron chi connectivity index (χ1n) is 24.9. The van der Waals surface area contributed by atoms with Gasteiger partial charge in [0.1, 0.15) is 0 Å². The number of carbonyl (C=O) groups is 5. The fraction of sp³-hybridized carbons (Fsp3) is 0.127. The first kappa shape index (κ1) is 106. The normalized spacial score (nSPS) is 8.26. The SMILES string of the molecule is CO.CO.CO.CO.O=C([O-])c1ccccc1.O=C([O-])c1ccccc1.O=C([O-])c1ccccc1.O=C([O-])c1ccccc1.O=C([O-])c1ccccc1.[Dy+3].[Dy].[Ni+2].[Ni+3].[O-]Cc1ccccn1.[O-]Cc1ccccn1.[O-]Cc1ccccn1.[O-]Cc1ccccn1.[O-][Cl+3]([O-])([O-])[O-]. The van der Waals surface area contributed by atoms with Crippen LogP contribution in [0.5, 0.6) is 0 Å². The summed E-state index contributed by atoms with van der Waals surface area (Å²) in [4.78, 5) is 65.6. The number of carboxylic acid groups (broad SMARTS) is 5. The van der Waals surface area contributed by atoms with Crippen LogP contribution >= 0.6 is 0 Å². The van der Waals surface area contributed by atoms with E-state index in [9.17, 15) is 69.9 Å². The first-order chi connectivity index (χ1) is 43.3. The minimum atomic E-state index is -4.94. The molecule has 9 rings (SSSR count). The fourth-order valence-electron chi connectivity index (χ4n) is 4.81. The number of aromatic nitrogens is 4. The Kier molecular flexibility index (Phi) is 87.1. The summed E-state index contributed by atoms with van der Waals surface area (Å²) < 4.78 is 34.0. The Morgan fingerprint density at radius 1 is 0.298 bits per heavy atom. The molecule has 0 atom stereocenters. The molecule has 0 bridgehead atoms. The maximum Gasteiger partial charge on any atom is 3.00 e. The number of hydrogen-bond donors (Lipinski definition) is 4. The van der Waals surface area contributed by atoms with E-state index in [2.05, 4.69) is 19.9 Å². The van der Waals surface area contributed by atoms with Gasteiger partial charge in [-0.05, 0) is 76.3 Å². The zero-order chi connectivity index (χ0) is 69.2. The van der Waals surface area contributed by atoms with Gasteiger partial charge in [0.25, 0.3) is 0 Å². The largest absolute Gasteiger partial charge is 3.00 e. The standard InChI is InChI=1S/5C7H6O2.4C6H6NO.4CH4O.ClHO4.2Dy.2Ni/c5*8-7(9)6-4-2-1-3-5-6;4*8-5-6-3-1-2-4-7-6;4*1-2;2-1(3,4)5;;;;/h5*1-5H,(H,8,9);4*1-4H,5H2;4*2H,1H3;(H,2,3,4,5);;;;/q;;;;;4*-1;;;;;;;+3;+2;+3/p-6. The second-order valence-corrected chi connectivity index (χ2v) is 15.3. The summed E-state index contributed by atoms with van der Waals surface area (Å²) in [6.07, 6.45) is 6.47. The Morgan fingerprint density at radius 2 is 0.415 bits per heavy atom. The maximum atomic E-state index is 10.1. The van der Waals surface area contributed by atoms with Crippen LogP contribution in [0.15, 0.2) is 249 Å². The van der Waals surface area contributed by atoms with Crippen molar-refractivity contribution in [3.63, 3.8) is 0 Å². The van der Waals surface area contributed by atoms with Gasteiger partial charge in [-0.2, -0.15) is 0 Å². The number of carboxylic acids is 5. The van der Waals surface area contributed by atoms with E-state index in [4.69, 9.17) is 39.1 Å². The van der Waals surface area contributed by atoms with E-state index >= 15 is 0 Å². The smallest absolute Gasteiger partial charge is 0.850 e. The van der Waals surface area contributed by atoms with E-state index in [1.165, 1.54) is 60.7 Å². The molecule has 94 heavy (non-hydrogen) atoms. The summed E-state index contributed by atoms with van der Waals surface area (Å²) in [6.45, 7) is -0.886. The molecule has 0 aliphatic carbocycles. The molecule has 5 aromatic carbocycles. The minimum absolute atomic E-state index is 0. The molecule has 0 unspecified atom stereocenters. The Bertz CT molecular complexity index is 2610. The molecule has 4 heterocycles. The van der Waals surface area contributed by atoms with Gasteiger partial charge in [-0.1, -0.05) is 202 Å². The second kappa shape index (κ2) is 77.1. The molecule has 26 nitrogen and oxygen atoms in total. The van der Waals surface area contributed by atoms with Crippen LogP contribution < -0.4 is 64.6 Å². The quantitative estimate of drug-likeness (QED) is 0.0977. The molecule has 0 aliphatic heterocycles. The predicted octanol–water partition coefficient (Wildman–Crippen LogP) is -6.31. The molecule has 9 aromatic rings. The van der Waals surface area contributed by atoms with Crippen molar-refractivity contribution >= 4 is 29.8 Å². The molecule has 0 spiro atoms. The summed E-state index contributed by atoms with van der Waals surface area (Å²) >= 11 is 0. The van der Waals surface area contributed by atoms with Crippen molar-refractivity contribution in [2.75, 3.05) is 28.4 Å². The zero-order valence-corrected chi connectivity index (χ0v) is 56.9. The fourth-order valence-corrected chi connectivity index (χ4v) is 4.81. The van der Waals surface area contributed by atoms with E-state index in [1.807, 2.05) is 0 Å². The number of aliphatic hydroxyl groups is 4. The number of nitrogens with zero attached hydrogens (tertiary/aromatic N) is 4. The third-order valence-corrected chi connectivity index (χ3v) is 8.54. The number of pyridine rings is 4. The molecule has 4 N–H and O–H groups in total. The molecule has 0 aliphatic rings. The number of aliphatic hydroxyl groups excluding tert-OH is 4. The summed E-state index contributed by atoms with van der Waals surface area (Å²) in [5, 5.41) is 119. The number of rotatable bonds is 9. The molecule has 0 saturated carbocycles. The molecule has 2 radical (unpaired) electrons. The predicted molar refractivity (Wildman–Crippen MR) is 298 cm³/mol. The van der Waals surface area contributed by atoms with Crippen molar-refractivity contribution in [3.05, 3.63) is 300 Å². The van der Waals surface area contributed by atoms with Gasteiger partial charge < -0.3 is 90.4 Å². The monoisotopic (exact) mass is 1710 g/mol. The first-order valence-corrected chi connectivity index (χ1v) is 26.1. The maximum absolute atomic E-state index is 10.1. The average molecular weight is 1710 g/mol. The third kappa shape index (κ3) is 69.7. The van der Waals surface area contributed by atoms with E-state index < -0.39 is 40.1 Å². The molecule has 0 fully saturated rings. The second-order valence-electron chi connectivity index (χ2n) is 14.5. The minimum Gasteiger partial charge on any atom is -0.850 e. The summed E-state index contributed by atoms with van der Waals surface area (Å²) in [7, 11) is -0.944. The molecular weight excluding hydrogens is 1640 g/mol. The number of benzene rings is 5. The van der Waals surface area contributed by atoms with Gasteiger partial charge in [-0.3, -0.25) is 19.9 Å².